The standard InChI is InChI=1S/C18H23NO7/c1-6-24-13(20)8-9-14(21)26-12(5)17(22)16-10(3)15(11(4)19-16)18(23)25-7-2/h8-9,12,19H,6-7H2,1-5H3/b9-8+/t12-/m1/s1. The molecule has 0 saturated carbocycles. The van der Waals surface area contributed by atoms with E-state index in [0.29, 0.717) is 11.3 Å². The van der Waals surface area contributed by atoms with Crippen molar-refractivity contribution < 1.29 is 33.4 Å². The summed E-state index contributed by atoms with van der Waals surface area (Å²) in [5.41, 5.74) is 1.37. The van der Waals surface area contributed by atoms with Crippen molar-refractivity contribution >= 4 is 23.7 Å². The predicted molar refractivity (Wildman–Crippen MR) is 91.9 cm³/mol. The van der Waals surface area contributed by atoms with Crippen LogP contribution in [0.15, 0.2) is 12.2 Å². The van der Waals surface area contributed by atoms with Gasteiger partial charge in [-0.1, -0.05) is 0 Å². The predicted octanol–water partition coefficient (Wildman–Crippen LogP) is 2.04. The van der Waals surface area contributed by atoms with Crippen molar-refractivity contribution in [1.82, 2.24) is 4.98 Å². The minimum absolute atomic E-state index is 0.167. The molecular formula is C18H23NO7. The summed E-state index contributed by atoms with van der Waals surface area (Å²) in [7, 11) is 0. The molecule has 26 heavy (non-hydrogen) atoms. The number of hydrogen-bond acceptors (Lipinski definition) is 7. The highest BCUT2D eigenvalue weighted by Crippen LogP contribution is 2.21. The molecule has 0 bridgehead atoms. The zero-order chi connectivity index (χ0) is 19.9. The summed E-state index contributed by atoms with van der Waals surface area (Å²) in [5, 5.41) is 0. The molecule has 0 fully saturated rings. The fraction of sp³-hybridized carbons (Fsp3) is 0.444. The molecule has 1 atom stereocenters. The van der Waals surface area contributed by atoms with Gasteiger partial charge in [-0.2, -0.15) is 0 Å². The van der Waals surface area contributed by atoms with E-state index in [1.165, 1.54) is 6.92 Å². The van der Waals surface area contributed by atoms with Crippen LogP contribution in [0.5, 0.6) is 0 Å². The van der Waals surface area contributed by atoms with E-state index >= 15 is 0 Å². The van der Waals surface area contributed by atoms with E-state index in [4.69, 9.17) is 9.47 Å². The van der Waals surface area contributed by atoms with Crippen LogP contribution in [0, 0.1) is 13.8 Å². The van der Waals surface area contributed by atoms with E-state index in [-0.39, 0.29) is 24.5 Å². The maximum absolute atomic E-state index is 12.5. The highest BCUT2D eigenvalue weighted by atomic mass is 16.5. The lowest BCUT2D eigenvalue weighted by molar-refractivity contribution is -0.141. The number of aryl methyl sites for hydroxylation is 1. The normalized spacial score (nSPS) is 11.9. The monoisotopic (exact) mass is 365 g/mol. The van der Waals surface area contributed by atoms with Gasteiger partial charge in [0.15, 0.2) is 6.10 Å². The Hall–Kier alpha value is -2.90. The van der Waals surface area contributed by atoms with Crippen molar-refractivity contribution in [2.24, 2.45) is 0 Å². The van der Waals surface area contributed by atoms with Crippen molar-refractivity contribution in [3.05, 3.63) is 34.7 Å². The van der Waals surface area contributed by atoms with Gasteiger partial charge in [-0.05, 0) is 40.2 Å². The Morgan fingerprint density at radius 3 is 2.15 bits per heavy atom. The number of carbonyl (C=O) groups excluding carboxylic acids is 4. The van der Waals surface area contributed by atoms with Gasteiger partial charge in [-0.15, -0.1) is 0 Å². The number of H-pyrrole nitrogens is 1. The van der Waals surface area contributed by atoms with Crippen LogP contribution in [0.3, 0.4) is 0 Å². The molecule has 0 amide bonds. The Labute approximate surface area is 151 Å². The first-order chi connectivity index (χ1) is 12.2. The average molecular weight is 365 g/mol. The number of Topliss-reactive ketones (excluding diaryl/α,β-unsaturated/α-hetero) is 1. The second-order valence-electron chi connectivity index (χ2n) is 5.37. The van der Waals surface area contributed by atoms with Crippen molar-refractivity contribution in [1.29, 1.82) is 0 Å². The van der Waals surface area contributed by atoms with Gasteiger partial charge >= 0.3 is 17.9 Å². The molecule has 0 aromatic carbocycles. The van der Waals surface area contributed by atoms with Crippen molar-refractivity contribution in [3.8, 4) is 0 Å². The topological polar surface area (TPSA) is 112 Å². The van der Waals surface area contributed by atoms with Gasteiger partial charge in [0.25, 0.3) is 0 Å². The van der Waals surface area contributed by atoms with Gasteiger partial charge in [0, 0.05) is 17.8 Å². The number of aromatic nitrogens is 1. The van der Waals surface area contributed by atoms with Crippen molar-refractivity contribution in [2.45, 2.75) is 40.7 Å². The lowest BCUT2D eigenvalue weighted by Gasteiger charge is -2.10. The second kappa shape index (κ2) is 9.55. The van der Waals surface area contributed by atoms with Crippen LogP contribution in [-0.2, 0) is 23.8 Å². The third kappa shape index (κ3) is 5.30. The van der Waals surface area contributed by atoms with Gasteiger partial charge in [0.2, 0.25) is 5.78 Å². The molecular weight excluding hydrogens is 342 g/mol. The smallest absolute Gasteiger partial charge is 0.340 e. The second-order valence-corrected chi connectivity index (χ2v) is 5.37. The minimum Gasteiger partial charge on any atom is -0.463 e. The summed E-state index contributed by atoms with van der Waals surface area (Å²) in [6.45, 7) is 8.38. The number of hydrogen-bond donors (Lipinski definition) is 1. The summed E-state index contributed by atoms with van der Waals surface area (Å²) < 4.78 is 14.6. The van der Waals surface area contributed by atoms with Crippen LogP contribution in [0.2, 0.25) is 0 Å². The molecule has 8 nitrogen and oxygen atoms in total. The number of rotatable bonds is 8. The third-order valence-electron chi connectivity index (χ3n) is 3.47. The van der Waals surface area contributed by atoms with Crippen molar-refractivity contribution in [3.63, 3.8) is 0 Å². The summed E-state index contributed by atoms with van der Waals surface area (Å²) in [4.78, 5) is 50.2. The van der Waals surface area contributed by atoms with Gasteiger partial charge in [0.05, 0.1) is 24.5 Å². The Kier molecular flexibility index (Phi) is 7.77. The fourth-order valence-corrected chi connectivity index (χ4v) is 2.30. The Morgan fingerprint density at radius 1 is 1.00 bits per heavy atom. The van der Waals surface area contributed by atoms with E-state index in [2.05, 4.69) is 9.72 Å². The van der Waals surface area contributed by atoms with Crippen LogP contribution in [0.4, 0.5) is 0 Å². The molecule has 1 rings (SSSR count). The van der Waals surface area contributed by atoms with Gasteiger partial charge in [0.1, 0.15) is 0 Å². The van der Waals surface area contributed by atoms with E-state index in [1.807, 2.05) is 0 Å². The Bertz CT molecular complexity index is 730. The van der Waals surface area contributed by atoms with Crippen molar-refractivity contribution in [2.75, 3.05) is 13.2 Å². The van der Waals surface area contributed by atoms with Gasteiger partial charge < -0.3 is 19.2 Å². The first-order valence-electron chi connectivity index (χ1n) is 8.18. The lowest BCUT2D eigenvalue weighted by atomic mass is 10.1. The summed E-state index contributed by atoms with van der Waals surface area (Å²) in [5.74, 6) is -2.57. The fourth-order valence-electron chi connectivity index (χ4n) is 2.30. The van der Waals surface area contributed by atoms with Crippen LogP contribution < -0.4 is 0 Å². The van der Waals surface area contributed by atoms with Crippen LogP contribution in [0.25, 0.3) is 0 Å². The first-order valence-corrected chi connectivity index (χ1v) is 8.18. The van der Waals surface area contributed by atoms with E-state index < -0.39 is 29.8 Å². The number of nitrogens with one attached hydrogen (secondary N) is 1. The average Bonchev–Trinajstić information content (AvgIpc) is 2.87. The van der Waals surface area contributed by atoms with Gasteiger partial charge in [-0.25, -0.2) is 14.4 Å². The molecule has 0 spiro atoms. The van der Waals surface area contributed by atoms with Crippen LogP contribution in [-0.4, -0.2) is 48.0 Å². The molecule has 1 heterocycles. The highest BCUT2D eigenvalue weighted by Gasteiger charge is 2.27. The molecule has 1 aromatic rings. The minimum atomic E-state index is -1.11. The van der Waals surface area contributed by atoms with Crippen LogP contribution in [0.1, 0.15) is 52.9 Å². The number of ether oxygens (including phenoxy) is 3. The number of carbonyl (C=O) groups is 4. The third-order valence-corrected chi connectivity index (χ3v) is 3.47. The molecule has 0 radical (unpaired) electrons. The first kappa shape index (κ1) is 21.1. The SMILES string of the molecule is CCOC(=O)/C=C/C(=O)O[C@H](C)C(=O)c1[nH]c(C)c(C(=O)OCC)c1C. The van der Waals surface area contributed by atoms with E-state index in [9.17, 15) is 19.2 Å². The summed E-state index contributed by atoms with van der Waals surface area (Å²) >= 11 is 0. The highest BCUT2D eigenvalue weighted by molar-refractivity contribution is 6.04. The number of aromatic amines is 1. The summed E-state index contributed by atoms with van der Waals surface area (Å²) in [6.07, 6.45) is 0.700. The number of esters is 3. The molecule has 0 saturated heterocycles. The maximum atomic E-state index is 12.5. The summed E-state index contributed by atoms with van der Waals surface area (Å²) in [6, 6.07) is 0. The molecule has 0 aliphatic carbocycles. The zero-order valence-electron chi connectivity index (χ0n) is 15.5. The lowest BCUT2D eigenvalue weighted by Crippen LogP contribution is -2.24. The van der Waals surface area contributed by atoms with Crippen LogP contribution >= 0.6 is 0 Å². The van der Waals surface area contributed by atoms with E-state index in [1.54, 1.807) is 27.7 Å². The molecule has 8 heteroatoms. The zero-order valence-corrected chi connectivity index (χ0v) is 15.5. The molecule has 0 aliphatic rings. The largest absolute Gasteiger partial charge is 0.463 e. The number of ketones is 1. The maximum Gasteiger partial charge on any atom is 0.340 e. The molecule has 1 aromatic heterocycles. The van der Waals surface area contributed by atoms with E-state index in [0.717, 1.165) is 12.2 Å². The molecule has 0 aliphatic heterocycles. The van der Waals surface area contributed by atoms with Gasteiger partial charge in [-0.3, -0.25) is 4.79 Å². The molecule has 0 unspecified atom stereocenters. The Balaban J connectivity index is 2.86. The Morgan fingerprint density at radius 2 is 1.58 bits per heavy atom. The quantitative estimate of drug-likeness (QED) is 0.325. The molecule has 142 valence electrons. The molecule has 1 N–H and O–H groups in total.